The first kappa shape index (κ1) is 17.1. The van der Waals surface area contributed by atoms with Gasteiger partial charge in [-0.15, -0.1) is 0 Å². The highest BCUT2D eigenvalue weighted by atomic mass is 16.5. The van der Waals surface area contributed by atoms with E-state index in [-0.39, 0.29) is 6.10 Å². The lowest BCUT2D eigenvalue weighted by Crippen LogP contribution is -2.41. The van der Waals surface area contributed by atoms with Gasteiger partial charge in [0.2, 0.25) is 0 Å². The molecule has 6 heteroatoms. The van der Waals surface area contributed by atoms with Crippen LogP contribution in [0.4, 0.5) is 0 Å². The Balaban J connectivity index is 1.74. The zero-order chi connectivity index (χ0) is 16.7. The minimum atomic E-state index is -0.780. The molecule has 2 N–H and O–H groups in total. The molecule has 2 rings (SSSR count). The highest BCUT2D eigenvalue weighted by Crippen LogP contribution is 2.13. The summed E-state index contributed by atoms with van der Waals surface area (Å²) in [5.74, 6) is -1.01. The quantitative estimate of drug-likeness (QED) is 0.491. The fraction of sp³-hybridized carbons (Fsp3) is 0.471. The van der Waals surface area contributed by atoms with Gasteiger partial charge in [0, 0.05) is 13.2 Å². The molecule has 1 aromatic carbocycles. The fourth-order valence-electron chi connectivity index (χ4n) is 2.28. The first-order chi connectivity index (χ1) is 11.1. The van der Waals surface area contributed by atoms with Crippen molar-refractivity contribution in [2.75, 3.05) is 13.2 Å². The van der Waals surface area contributed by atoms with E-state index in [1.54, 1.807) is 0 Å². The minimum absolute atomic E-state index is 0.00900. The lowest BCUT2D eigenvalue weighted by atomic mass is 10.0. The highest BCUT2D eigenvalue weighted by molar-refractivity contribution is 6.35. The maximum Gasteiger partial charge on any atom is 0.329 e. The SMILES string of the molecule is CC(C)c1ccc(/C=N/NC(=O)C(=O)NCC2CCCO2)cc1. The van der Waals surface area contributed by atoms with Crippen LogP contribution in [0.25, 0.3) is 0 Å². The van der Waals surface area contributed by atoms with Gasteiger partial charge in [0.25, 0.3) is 0 Å². The summed E-state index contributed by atoms with van der Waals surface area (Å²) < 4.78 is 5.37. The van der Waals surface area contributed by atoms with Crippen molar-refractivity contribution in [3.63, 3.8) is 0 Å². The van der Waals surface area contributed by atoms with Gasteiger partial charge in [0.05, 0.1) is 12.3 Å². The van der Waals surface area contributed by atoms with Gasteiger partial charge in [-0.1, -0.05) is 38.1 Å². The van der Waals surface area contributed by atoms with E-state index in [1.165, 1.54) is 11.8 Å². The third-order valence-corrected chi connectivity index (χ3v) is 3.70. The molecule has 0 aromatic heterocycles. The zero-order valence-electron chi connectivity index (χ0n) is 13.5. The Morgan fingerprint density at radius 2 is 2.04 bits per heavy atom. The predicted molar refractivity (Wildman–Crippen MR) is 88.3 cm³/mol. The smallest absolute Gasteiger partial charge is 0.329 e. The summed E-state index contributed by atoms with van der Waals surface area (Å²) in [5, 5.41) is 6.34. The van der Waals surface area contributed by atoms with Crippen molar-refractivity contribution in [2.24, 2.45) is 5.10 Å². The van der Waals surface area contributed by atoms with Gasteiger partial charge in [-0.2, -0.15) is 5.10 Å². The van der Waals surface area contributed by atoms with Crippen molar-refractivity contribution in [2.45, 2.75) is 38.7 Å². The van der Waals surface area contributed by atoms with Crippen LogP contribution in [-0.2, 0) is 14.3 Å². The standard InChI is InChI=1S/C17H23N3O3/c1-12(2)14-7-5-13(6-8-14)10-19-20-17(22)16(21)18-11-15-4-3-9-23-15/h5-8,10,12,15H,3-4,9,11H2,1-2H3,(H,18,21)(H,20,22)/b19-10+. The Bertz CT molecular complexity index is 561. The van der Waals surface area contributed by atoms with Crippen LogP contribution in [0, 0.1) is 0 Å². The van der Waals surface area contributed by atoms with E-state index in [2.05, 4.69) is 29.7 Å². The normalized spacial score (nSPS) is 17.6. The van der Waals surface area contributed by atoms with Crippen molar-refractivity contribution < 1.29 is 14.3 Å². The second-order valence-electron chi connectivity index (χ2n) is 5.87. The lowest BCUT2D eigenvalue weighted by molar-refractivity contribution is -0.139. The van der Waals surface area contributed by atoms with Crippen molar-refractivity contribution >= 4 is 18.0 Å². The third kappa shape index (κ3) is 5.49. The highest BCUT2D eigenvalue weighted by Gasteiger charge is 2.18. The van der Waals surface area contributed by atoms with Gasteiger partial charge in [-0.25, -0.2) is 5.43 Å². The molecule has 2 amide bonds. The number of nitrogens with zero attached hydrogens (tertiary/aromatic N) is 1. The van der Waals surface area contributed by atoms with E-state index in [0.29, 0.717) is 19.1 Å². The Morgan fingerprint density at radius 3 is 2.65 bits per heavy atom. The van der Waals surface area contributed by atoms with E-state index in [0.717, 1.165) is 18.4 Å². The maximum atomic E-state index is 11.6. The lowest BCUT2D eigenvalue weighted by Gasteiger charge is -2.09. The zero-order valence-corrected chi connectivity index (χ0v) is 13.5. The molecule has 1 unspecified atom stereocenters. The summed E-state index contributed by atoms with van der Waals surface area (Å²) in [6, 6.07) is 7.87. The number of hydrogen-bond acceptors (Lipinski definition) is 4. The van der Waals surface area contributed by atoms with Crippen LogP contribution in [-0.4, -0.2) is 37.3 Å². The van der Waals surface area contributed by atoms with Gasteiger partial charge < -0.3 is 10.1 Å². The number of benzene rings is 1. The van der Waals surface area contributed by atoms with Crippen LogP contribution >= 0.6 is 0 Å². The van der Waals surface area contributed by atoms with Crippen molar-refractivity contribution in [3.05, 3.63) is 35.4 Å². The van der Waals surface area contributed by atoms with Crippen LogP contribution in [0.5, 0.6) is 0 Å². The molecule has 23 heavy (non-hydrogen) atoms. The molecule has 1 aliphatic rings. The van der Waals surface area contributed by atoms with Crippen LogP contribution in [0.1, 0.15) is 43.7 Å². The topological polar surface area (TPSA) is 79.8 Å². The van der Waals surface area contributed by atoms with Crippen LogP contribution < -0.4 is 10.7 Å². The maximum absolute atomic E-state index is 11.6. The van der Waals surface area contributed by atoms with E-state index in [9.17, 15) is 9.59 Å². The van der Waals surface area contributed by atoms with Crippen molar-refractivity contribution in [3.8, 4) is 0 Å². The van der Waals surface area contributed by atoms with Crippen molar-refractivity contribution in [1.29, 1.82) is 0 Å². The monoisotopic (exact) mass is 317 g/mol. The molecule has 124 valence electrons. The third-order valence-electron chi connectivity index (χ3n) is 3.70. The van der Waals surface area contributed by atoms with Gasteiger partial charge in [-0.3, -0.25) is 9.59 Å². The molecule has 0 saturated carbocycles. The Labute approximate surface area is 136 Å². The van der Waals surface area contributed by atoms with E-state index < -0.39 is 11.8 Å². The van der Waals surface area contributed by atoms with Gasteiger partial charge in [-0.05, 0) is 29.9 Å². The van der Waals surface area contributed by atoms with Gasteiger partial charge in [0.1, 0.15) is 0 Å². The summed E-state index contributed by atoms with van der Waals surface area (Å²) in [4.78, 5) is 23.2. The number of hydrazone groups is 1. The first-order valence-electron chi connectivity index (χ1n) is 7.89. The number of amides is 2. The molecule has 1 heterocycles. The van der Waals surface area contributed by atoms with Crippen molar-refractivity contribution in [1.82, 2.24) is 10.7 Å². The number of ether oxygens (including phenoxy) is 1. The Kier molecular flexibility index (Phi) is 6.29. The average molecular weight is 317 g/mol. The molecule has 1 saturated heterocycles. The van der Waals surface area contributed by atoms with Crippen LogP contribution in [0.3, 0.4) is 0 Å². The number of carbonyl (C=O) groups excluding carboxylic acids is 2. The van der Waals surface area contributed by atoms with Crippen LogP contribution in [0.15, 0.2) is 29.4 Å². The molecule has 6 nitrogen and oxygen atoms in total. The molecule has 0 aliphatic carbocycles. The number of carbonyl (C=O) groups is 2. The Morgan fingerprint density at radius 1 is 1.30 bits per heavy atom. The summed E-state index contributed by atoms with van der Waals surface area (Å²) in [7, 11) is 0. The molecular weight excluding hydrogens is 294 g/mol. The summed E-state index contributed by atoms with van der Waals surface area (Å²) in [6.45, 7) is 5.32. The Hall–Kier alpha value is -2.21. The van der Waals surface area contributed by atoms with E-state index in [4.69, 9.17) is 4.74 Å². The van der Waals surface area contributed by atoms with Gasteiger partial charge >= 0.3 is 11.8 Å². The molecule has 0 bridgehead atoms. The van der Waals surface area contributed by atoms with Crippen LogP contribution in [0.2, 0.25) is 0 Å². The predicted octanol–water partition coefficient (Wildman–Crippen LogP) is 1.56. The molecule has 1 aromatic rings. The summed E-state index contributed by atoms with van der Waals surface area (Å²) >= 11 is 0. The van der Waals surface area contributed by atoms with Gasteiger partial charge in [0.15, 0.2) is 0 Å². The summed E-state index contributed by atoms with van der Waals surface area (Å²) in [5.41, 5.74) is 4.31. The largest absolute Gasteiger partial charge is 0.376 e. The molecule has 0 spiro atoms. The first-order valence-corrected chi connectivity index (χ1v) is 7.89. The number of rotatable bonds is 5. The fourth-order valence-corrected chi connectivity index (χ4v) is 2.28. The summed E-state index contributed by atoms with van der Waals surface area (Å²) in [6.07, 6.45) is 3.42. The molecular formula is C17H23N3O3. The molecule has 1 aliphatic heterocycles. The molecule has 0 radical (unpaired) electrons. The minimum Gasteiger partial charge on any atom is -0.376 e. The average Bonchev–Trinajstić information content (AvgIpc) is 3.06. The molecule has 1 fully saturated rings. The van der Waals surface area contributed by atoms with E-state index in [1.807, 2.05) is 24.3 Å². The number of nitrogens with one attached hydrogen (secondary N) is 2. The van der Waals surface area contributed by atoms with E-state index >= 15 is 0 Å². The second-order valence-corrected chi connectivity index (χ2v) is 5.87. The molecule has 1 atom stereocenters. The number of hydrogen-bond donors (Lipinski definition) is 2. The second kappa shape index (κ2) is 8.43.